The lowest BCUT2D eigenvalue weighted by atomic mass is 10.1. The fourth-order valence-corrected chi connectivity index (χ4v) is 3.18. The van der Waals surface area contributed by atoms with Crippen LogP contribution in [0.4, 0.5) is 10.7 Å². The fraction of sp³-hybridized carbons (Fsp3) is 0.571. The van der Waals surface area contributed by atoms with Gasteiger partial charge in [-0.2, -0.15) is 0 Å². The van der Waals surface area contributed by atoms with Crippen LogP contribution in [-0.2, 0) is 0 Å². The molecule has 5 nitrogen and oxygen atoms in total. The van der Waals surface area contributed by atoms with E-state index in [1.54, 1.807) is 7.05 Å². The molecule has 1 unspecified atom stereocenters. The van der Waals surface area contributed by atoms with E-state index in [0.717, 1.165) is 19.3 Å². The van der Waals surface area contributed by atoms with Crippen LogP contribution < -0.4 is 16.4 Å². The molecule has 0 aromatic carbocycles. The molecule has 1 atom stereocenters. The summed E-state index contributed by atoms with van der Waals surface area (Å²) in [6.07, 6.45) is 2.79. The molecule has 1 heterocycles. The van der Waals surface area contributed by atoms with Gasteiger partial charge in [-0.05, 0) is 26.2 Å². The summed E-state index contributed by atoms with van der Waals surface area (Å²) in [6, 6.07) is 0.223. The predicted molar refractivity (Wildman–Crippen MR) is 82.6 cm³/mol. The Bertz CT molecular complexity index is 535. The Morgan fingerprint density at radius 3 is 2.60 bits per heavy atom. The molecule has 1 aromatic rings. The van der Waals surface area contributed by atoms with Gasteiger partial charge in [0.15, 0.2) is 5.78 Å². The second-order valence-corrected chi connectivity index (χ2v) is 6.24. The molecule has 0 radical (unpaired) electrons. The van der Waals surface area contributed by atoms with Crippen molar-refractivity contribution in [2.45, 2.75) is 39.2 Å². The SMILES string of the molecule is CCC(C)Nc1sc(C(=O)C2CC2)c(N)c1C(=O)NC. The van der Waals surface area contributed by atoms with E-state index in [1.165, 1.54) is 11.3 Å². The second kappa shape index (κ2) is 5.83. The summed E-state index contributed by atoms with van der Waals surface area (Å²) in [7, 11) is 1.56. The first-order chi connectivity index (χ1) is 9.49. The molecule has 2 rings (SSSR count). The van der Waals surface area contributed by atoms with Crippen LogP contribution >= 0.6 is 11.3 Å². The van der Waals surface area contributed by atoms with Crippen molar-refractivity contribution in [3.63, 3.8) is 0 Å². The maximum absolute atomic E-state index is 12.2. The van der Waals surface area contributed by atoms with E-state index in [9.17, 15) is 9.59 Å². The highest BCUT2D eigenvalue weighted by Crippen LogP contribution is 2.42. The third-order valence-electron chi connectivity index (χ3n) is 3.56. The summed E-state index contributed by atoms with van der Waals surface area (Å²) >= 11 is 1.30. The van der Waals surface area contributed by atoms with Gasteiger partial charge in [-0.15, -0.1) is 11.3 Å². The zero-order chi connectivity index (χ0) is 14.9. The average Bonchev–Trinajstić information content (AvgIpc) is 3.23. The Morgan fingerprint density at radius 2 is 2.10 bits per heavy atom. The topological polar surface area (TPSA) is 84.2 Å². The summed E-state index contributed by atoms with van der Waals surface area (Å²) in [4.78, 5) is 24.8. The predicted octanol–water partition coefficient (Wildman–Crippen LogP) is 2.49. The van der Waals surface area contributed by atoms with E-state index in [4.69, 9.17) is 5.73 Å². The fourth-order valence-electron chi connectivity index (χ4n) is 1.94. The van der Waals surface area contributed by atoms with Crippen molar-refractivity contribution >= 4 is 33.7 Å². The molecule has 20 heavy (non-hydrogen) atoms. The molecular formula is C14H21N3O2S. The van der Waals surface area contributed by atoms with E-state index in [1.807, 2.05) is 6.92 Å². The normalized spacial score (nSPS) is 15.8. The number of thiophene rings is 1. The Labute approximate surface area is 122 Å². The van der Waals surface area contributed by atoms with Crippen LogP contribution in [0.3, 0.4) is 0 Å². The van der Waals surface area contributed by atoms with Crippen molar-refractivity contribution in [3.8, 4) is 0 Å². The van der Waals surface area contributed by atoms with Crippen molar-refractivity contribution in [3.05, 3.63) is 10.4 Å². The minimum atomic E-state index is -0.251. The monoisotopic (exact) mass is 295 g/mol. The van der Waals surface area contributed by atoms with Gasteiger partial charge in [-0.1, -0.05) is 6.92 Å². The molecule has 0 spiro atoms. The first-order valence-corrected chi connectivity index (χ1v) is 7.76. The molecule has 1 aliphatic rings. The lowest BCUT2D eigenvalue weighted by Crippen LogP contribution is -2.22. The van der Waals surface area contributed by atoms with Crippen molar-refractivity contribution in [2.75, 3.05) is 18.1 Å². The average molecular weight is 295 g/mol. The number of amides is 1. The minimum Gasteiger partial charge on any atom is -0.397 e. The van der Waals surface area contributed by atoms with Crippen LogP contribution in [0.1, 0.15) is 53.1 Å². The Hall–Kier alpha value is -1.56. The van der Waals surface area contributed by atoms with Gasteiger partial charge in [0.25, 0.3) is 5.91 Å². The number of anilines is 2. The number of carbonyl (C=O) groups is 2. The molecule has 1 saturated carbocycles. The van der Waals surface area contributed by atoms with Gasteiger partial charge in [0.05, 0.1) is 16.1 Å². The van der Waals surface area contributed by atoms with Gasteiger partial charge in [-0.25, -0.2) is 0 Å². The Balaban J connectivity index is 2.39. The third kappa shape index (κ3) is 2.80. The molecule has 1 amide bonds. The zero-order valence-corrected chi connectivity index (χ0v) is 12.9. The van der Waals surface area contributed by atoms with E-state index in [0.29, 0.717) is 21.1 Å². The maximum atomic E-state index is 12.2. The number of nitrogens with one attached hydrogen (secondary N) is 2. The number of hydrogen-bond donors (Lipinski definition) is 3. The van der Waals surface area contributed by atoms with Gasteiger partial charge in [-0.3, -0.25) is 9.59 Å². The van der Waals surface area contributed by atoms with E-state index in [-0.39, 0.29) is 23.7 Å². The summed E-state index contributed by atoms with van der Waals surface area (Å²) in [5, 5.41) is 6.56. The van der Waals surface area contributed by atoms with Gasteiger partial charge in [0.1, 0.15) is 5.00 Å². The lowest BCUT2D eigenvalue weighted by Gasteiger charge is -2.12. The molecular weight excluding hydrogens is 274 g/mol. The smallest absolute Gasteiger partial charge is 0.256 e. The Morgan fingerprint density at radius 1 is 1.45 bits per heavy atom. The molecule has 110 valence electrons. The Kier molecular flexibility index (Phi) is 4.32. The summed E-state index contributed by atoms with van der Waals surface area (Å²) in [6.45, 7) is 4.09. The first kappa shape index (κ1) is 14.8. The molecule has 0 saturated heterocycles. The quantitative estimate of drug-likeness (QED) is 0.704. The molecule has 0 aliphatic heterocycles. The highest BCUT2D eigenvalue weighted by Gasteiger charge is 2.35. The molecule has 1 aromatic heterocycles. The van der Waals surface area contributed by atoms with Crippen molar-refractivity contribution in [1.29, 1.82) is 0 Å². The van der Waals surface area contributed by atoms with Crippen LogP contribution in [0.15, 0.2) is 0 Å². The number of ketones is 1. The van der Waals surface area contributed by atoms with Gasteiger partial charge < -0.3 is 16.4 Å². The highest BCUT2D eigenvalue weighted by molar-refractivity contribution is 7.19. The number of Topliss-reactive ketones (excluding diaryl/α,β-unsaturated/α-hetero) is 1. The number of hydrogen-bond acceptors (Lipinski definition) is 5. The van der Waals surface area contributed by atoms with Crippen molar-refractivity contribution in [2.24, 2.45) is 5.92 Å². The second-order valence-electron chi connectivity index (χ2n) is 5.22. The molecule has 1 fully saturated rings. The largest absolute Gasteiger partial charge is 0.397 e. The van der Waals surface area contributed by atoms with Crippen LogP contribution in [-0.4, -0.2) is 24.8 Å². The highest BCUT2D eigenvalue weighted by atomic mass is 32.1. The maximum Gasteiger partial charge on any atom is 0.256 e. The number of rotatable bonds is 6. The van der Waals surface area contributed by atoms with E-state index < -0.39 is 0 Å². The van der Waals surface area contributed by atoms with Crippen LogP contribution in [0, 0.1) is 5.92 Å². The van der Waals surface area contributed by atoms with E-state index in [2.05, 4.69) is 17.6 Å². The third-order valence-corrected chi connectivity index (χ3v) is 4.71. The number of carbonyl (C=O) groups excluding carboxylic acids is 2. The molecule has 6 heteroatoms. The van der Waals surface area contributed by atoms with Crippen molar-refractivity contribution < 1.29 is 9.59 Å². The zero-order valence-electron chi connectivity index (χ0n) is 12.1. The summed E-state index contributed by atoms with van der Waals surface area (Å²) in [5.41, 5.74) is 6.77. The van der Waals surface area contributed by atoms with E-state index >= 15 is 0 Å². The van der Waals surface area contributed by atoms with Crippen molar-refractivity contribution in [1.82, 2.24) is 5.32 Å². The van der Waals surface area contributed by atoms with Crippen LogP contribution in [0.25, 0.3) is 0 Å². The molecule has 4 N–H and O–H groups in total. The van der Waals surface area contributed by atoms with Gasteiger partial charge in [0.2, 0.25) is 0 Å². The van der Waals surface area contributed by atoms with Crippen LogP contribution in [0.2, 0.25) is 0 Å². The number of nitrogen functional groups attached to an aromatic ring is 1. The molecule has 0 bridgehead atoms. The summed E-state index contributed by atoms with van der Waals surface area (Å²) in [5.74, 6) is -0.0702. The molecule has 1 aliphatic carbocycles. The van der Waals surface area contributed by atoms with Crippen LogP contribution in [0.5, 0.6) is 0 Å². The lowest BCUT2D eigenvalue weighted by molar-refractivity contribution is 0.0964. The summed E-state index contributed by atoms with van der Waals surface area (Å²) < 4.78 is 0. The minimum absolute atomic E-state index is 0.0786. The first-order valence-electron chi connectivity index (χ1n) is 6.94. The van der Waals surface area contributed by atoms with Gasteiger partial charge in [0, 0.05) is 19.0 Å². The van der Waals surface area contributed by atoms with Gasteiger partial charge >= 0.3 is 0 Å². The number of nitrogens with two attached hydrogens (primary N) is 1. The standard InChI is InChI=1S/C14H21N3O2S/c1-4-7(2)17-14-9(13(19)16-3)10(15)12(20-14)11(18)8-5-6-8/h7-8,17H,4-6,15H2,1-3H3,(H,16,19).